The monoisotopic (exact) mass is 289 g/mol. The minimum atomic E-state index is -0.0886. The van der Waals surface area contributed by atoms with Gasteiger partial charge in [-0.25, -0.2) is 4.79 Å². The van der Waals surface area contributed by atoms with Crippen molar-refractivity contribution in [1.29, 1.82) is 0 Å². The van der Waals surface area contributed by atoms with Gasteiger partial charge >= 0.3 is 6.03 Å². The first kappa shape index (κ1) is 15.4. The molecule has 1 heterocycles. The van der Waals surface area contributed by atoms with Gasteiger partial charge in [0.15, 0.2) is 0 Å². The molecule has 1 aliphatic heterocycles. The summed E-state index contributed by atoms with van der Waals surface area (Å²) in [6.45, 7) is 6.45. The van der Waals surface area contributed by atoms with Gasteiger partial charge < -0.3 is 15.1 Å². The van der Waals surface area contributed by atoms with Crippen molar-refractivity contribution in [2.24, 2.45) is 0 Å². The van der Waals surface area contributed by atoms with Crippen molar-refractivity contribution in [2.75, 3.05) is 19.6 Å². The summed E-state index contributed by atoms with van der Waals surface area (Å²) in [7, 11) is 0. The number of urea groups is 1. The van der Waals surface area contributed by atoms with Gasteiger partial charge in [0.1, 0.15) is 0 Å². The Hall–Kier alpha value is -2.04. The number of carbonyl (C=O) groups is 2. The normalized spacial score (nSPS) is 17.9. The van der Waals surface area contributed by atoms with Crippen LogP contribution in [0.5, 0.6) is 0 Å². The zero-order valence-corrected chi connectivity index (χ0v) is 12.7. The Morgan fingerprint density at radius 1 is 1.29 bits per heavy atom. The predicted molar refractivity (Wildman–Crippen MR) is 81.7 cm³/mol. The van der Waals surface area contributed by atoms with Crippen LogP contribution in [0.2, 0.25) is 0 Å². The van der Waals surface area contributed by atoms with Gasteiger partial charge in [-0.15, -0.1) is 0 Å². The lowest BCUT2D eigenvalue weighted by molar-refractivity contribution is -0.128. The highest BCUT2D eigenvalue weighted by Crippen LogP contribution is 2.15. The lowest BCUT2D eigenvalue weighted by Gasteiger charge is -2.22. The molecular formula is C16H23N3O2. The van der Waals surface area contributed by atoms with Crippen LogP contribution >= 0.6 is 0 Å². The van der Waals surface area contributed by atoms with E-state index in [2.05, 4.69) is 5.32 Å². The van der Waals surface area contributed by atoms with E-state index in [9.17, 15) is 9.59 Å². The lowest BCUT2D eigenvalue weighted by atomic mass is 10.2. The van der Waals surface area contributed by atoms with E-state index in [1.165, 1.54) is 0 Å². The van der Waals surface area contributed by atoms with Gasteiger partial charge in [0.05, 0.1) is 6.04 Å². The van der Waals surface area contributed by atoms with E-state index < -0.39 is 0 Å². The predicted octanol–water partition coefficient (Wildman–Crippen LogP) is 1.84. The quantitative estimate of drug-likeness (QED) is 0.899. The minimum absolute atomic E-state index is 0.0839. The third-order valence-corrected chi connectivity index (χ3v) is 3.81. The molecule has 2 rings (SSSR count). The minimum Gasteiger partial charge on any atom is -0.336 e. The summed E-state index contributed by atoms with van der Waals surface area (Å²) in [5, 5.41) is 2.95. The van der Waals surface area contributed by atoms with Crippen LogP contribution in [-0.2, 0) is 11.3 Å². The third kappa shape index (κ3) is 3.97. The molecular weight excluding hydrogens is 266 g/mol. The Balaban J connectivity index is 1.89. The summed E-state index contributed by atoms with van der Waals surface area (Å²) in [5.41, 5.74) is 1.11. The van der Waals surface area contributed by atoms with Crippen molar-refractivity contribution in [3.8, 4) is 0 Å². The molecule has 1 aliphatic rings. The number of amides is 3. The number of hydrogen-bond acceptors (Lipinski definition) is 2. The summed E-state index contributed by atoms with van der Waals surface area (Å²) < 4.78 is 0. The van der Waals surface area contributed by atoms with Gasteiger partial charge in [-0.2, -0.15) is 0 Å². The van der Waals surface area contributed by atoms with Crippen molar-refractivity contribution in [3.63, 3.8) is 0 Å². The van der Waals surface area contributed by atoms with Gasteiger partial charge in [0.25, 0.3) is 0 Å². The molecule has 0 aliphatic carbocycles. The van der Waals surface area contributed by atoms with Crippen molar-refractivity contribution in [2.45, 2.75) is 32.9 Å². The van der Waals surface area contributed by atoms with Gasteiger partial charge in [-0.05, 0) is 19.4 Å². The van der Waals surface area contributed by atoms with E-state index in [1.807, 2.05) is 49.1 Å². The van der Waals surface area contributed by atoms with Gasteiger partial charge in [-0.3, -0.25) is 4.79 Å². The van der Waals surface area contributed by atoms with Crippen LogP contribution in [0, 0.1) is 0 Å². The maximum atomic E-state index is 12.0. The number of carbonyl (C=O) groups excluding carboxylic acids is 2. The Labute approximate surface area is 125 Å². The molecule has 1 aromatic carbocycles. The smallest absolute Gasteiger partial charge is 0.317 e. The highest BCUT2D eigenvalue weighted by Gasteiger charge is 2.31. The topological polar surface area (TPSA) is 52.7 Å². The maximum Gasteiger partial charge on any atom is 0.317 e. The molecule has 0 aromatic heterocycles. The fraction of sp³-hybridized carbons (Fsp3) is 0.500. The first-order valence-corrected chi connectivity index (χ1v) is 7.51. The van der Waals surface area contributed by atoms with Gasteiger partial charge in [0, 0.05) is 32.6 Å². The third-order valence-electron chi connectivity index (χ3n) is 3.81. The largest absolute Gasteiger partial charge is 0.336 e. The SMILES string of the molecule is CCN(CC)C(=O)N[C@H]1CC(=O)N(Cc2ccccc2)C1. The molecule has 0 spiro atoms. The van der Waals surface area contributed by atoms with Crippen molar-refractivity contribution in [1.82, 2.24) is 15.1 Å². The fourth-order valence-electron chi connectivity index (χ4n) is 2.60. The number of hydrogen-bond donors (Lipinski definition) is 1. The highest BCUT2D eigenvalue weighted by molar-refractivity contribution is 5.81. The molecule has 1 atom stereocenters. The molecule has 0 radical (unpaired) electrons. The standard InChI is InChI=1S/C16H23N3O2/c1-3-18(4-2)16(21)17-14-10-15(20)19(12-14)11-13-8-6-5-7-9-13/h5-9,14H,3-4,10-12H2,1-2H3,(H,17,21)/t14-/m0/s1. The molecule has 3 amide bonds. The van der Waals surface area contributed by atoms with Crippen LogP contribution in [0.25, 0.3) is 0 Å². The van der Waals surface area contributed by atoms with E-state index in [4.69, 9.17) is 0 Å². The number of benzene rings is 1. The second kappa shape index (κ2) is 7.11. The van der Waals surface area contributed by atoms with Crippen LogP contribution < -0.4 is 5.32 Å². The molecule has 0 unspecified atom stereocenters. The fourth-order valence-corrected chi connectivity index (χ4v) is 2.60. The van der Waals surface area contributed by atoms with Crippen LogP contribution in [-0.4, -0.2) is 47.4 Å². The maximum absolute atomic E-state index is 12.0. The molecule has 1 N–H and O–H groups in total. The second-order valence-corrected chi connectivity index (χ2v) is 5.28. The van der Waals surface area contributed by atoms with Crippen molar-refractivity contribution < 1.29 is 9.59 Å². The van der Waals surface area contributed by atoms with E-state index in [0.29, 0.717) is 32.6 Å². The van der Waals surface area contributed by atoms with Crippen LogP contribution in [0.4, 0.5) is 4.79 Å². The molecule has 1 fully saturated rings. The van der Waals surface area contributed by atoms with Crippen molar-refractivity contribution in [3.05, 3.63) is 35.9 Å². The molecule has 21 heavy (non-hydrogen) atoms. The summed E-state index contributed by atoms with van der Waals surface area (Å²) in [6.07, 6.45) is 0.389. The van der Waals surface area contributed by atoms with E-state index in [1.54, 1.807) is 4.90 Å². The molecule has 5 nitrogen and oxygen atoms in total. The number of nitrogens with one attached hydrogen (secondary N) is 1. The number of nitrogens with zero attached hydrogens (tertiary/aromatic N) is 2. The van der Waals surface area contributed by atoms with Crippen LogP contribution in [0.15, 0.2) is 30.3 Å². The van der Waals surface area contributed by atoms with Crippen LogP contribution in [0.1, 0.15) is 25.8 Å². The average molecular weight is 289 g/mol. The van der Waals surface area contributed by atoms with Gasteiger partial charge in [-0.1, -0.05) is 30.3 Å². The summed E-state index contributed by atoms with van der Waals surface area (Å²) in [5.74, 6) is 0.101. The zero-order chi connectivity index (χ0) is 15.2. The Morgan fingerprint density at radius 2 is 1.95 bits per heavy atom. The molecule has 0 saturated carbocycles. The molecule has 0 bridgehead atoms. The summed E-state index contributed by atoms with van der Waals surface area (Å²) in [6, 6.07) is 9.74. The van der Waals surface area contributed by atoms with Gasteiger partial charge in [0.2, 0.25) is 5.91 Å². The number of likely N-dealkylation sites (tertiary alicyclic amines) is 1. The second-order valence-electron chi connectivity index (χ2n) is 5.28. The van der Waals surface area contributed by atoms with E-state index >= 15 is 0 Å². The number of rotatable bonds is 5. The summed E-state index contributed by atoms with van der Waals surface area (Å²) in [4.78, 5) is 27.6. The van der Waals surface area contributed by atoms with Crippen molar-refractivity contribution >= 4 is 11.9 Å². The zero-order valence-electron chi connectivity index (χ0n) is 12.7. The Morgan fingerprint density at radius 3 is 2.57 bits per heavy atom. The molecule has 1 saturated heterocycles. The molecule has 114 valence electrons. The average Bonchev–Trinajstić information content (AvgIpc) is 2.81. The summed E-state index contributed by atoms with van der Waals surface area (Å²) >= 11 is 0. The first-order valence-electron chi connectivity index (χ1n) is 7.51. The van der Waals surface area contributed by atoms with E-state index in [-0.39, 0.29) is 18.0 Å². The Bertz CT molecular complexity index is 486. The lowest BCUT2D eigenvalue weighted by Crippen LogP contribution is -2.45. The molecule has 1 aromatic rings. The molecule has 5 heteroatoms. The van der Waals surface area contributed by atoms with Crippen LogP contribution in [0.3, 0.4) is 0 Å². The highest BCUT2D eigenvalue weighted by atomic mass is 16.2. The van der Waals surface area contributed by atoms with E-state index in [0.717, 1.165) is 5.56 Å². The Kier molecular flexibility index (Phi) is 5.20. The first-order chi connectivity index (χ1) is 10.1.